The minimum atomic E-state index is -0.907. The zero-order chi connectivity index (χ0) is 45.4. The number of carboxylic acid groups (broad SMARTS) is 2. The first-order chi connectivity index (χ1) is 32.1. The van der Waals surface area contributed by atoms with Gasteiger partial charge in [0, 0.05) is 66.5 Å². The number of carbonyl (C=O) groups is 4. The molecule has 4 aromatic rings. The van der Waals surface area contributed by atoms with E-state index in [1.807, 2.05) is 0 Å². The summed E-state index contributed by atoms with van der Waals surface area (Å²) in [6.45, 7) is 4.49. The molecule has 0 aliphatic heterocycles. The highest BCUT2D eigenvalue weighted by molar-refractivity contribution is 7.13. The molecule has 14 heteroatoms. The van der Waals surface area contributed by atoms with E-state index in [0.717, 1.165) is 161 Å². The number of aliphatic carboxylic acids is 2. The first kappa shape index (κ1) is 44.0. The molecule has 4 bridgehead atoms. The number of Topliss-reactive ketones (excluding diaryl/α,β-unsaturated/α-hetero) is 2. The molecule has 2 atom stereocenters. The molecule has 2 N–H and O–H groups in total. The van der Waals surface area contributed by atoms with Gasteiger partial charge in [-0.3, -0.25) is 9.59 Å². The van der Waals surface area contributed by atoms with Crippen LogP contribution in [0.4, 0.5) is 0 Å². The number of rotatable bonds is 14. The average Bonchev–Trinajstić information content (AvgIpc) is 4.19. The number of hydrogen-bond acceptors (Lipinski definition) is 12. The highest BCUT2D eigenvalue weighted by Gasteiger charge is 2.43. The van der Waals surface area contributed by atoms with Crippen molar-refractivity contribution in [1.82, 2.24) is 20.3 Å². The molecule has 0 unspecified atom stereocenters. The fourth-order valence-electron chi connectivity index (χ4n) is 12.6. The number of carbonyl (C=O) groups excluding carboxylic acids is 2. The SMILES string of the molecule is CC[C@@H]1CCc2c(sc(CC(=O)C3=C(C(=O)O)C4CCC3CC4)c2-c2nc(C3CC3)no2)C1.CC[C@H]1CCc2c(sc(CC(=O)C3=C(C(=O)O)C4CCC3CC4)c2-c2nc(C3CC3)no2)C1. The van der Waals surface area contributed by atoms with Crippen molar-refractivity contribution >= 4 is 46.2 Å². The van der Waals surface area contributed by atoms with Gasteiger partial charge in [0.05, 0.1) is 11.1 Å². The van der Waals surface area contributed by atoms with Crippen LogP contribution in [0.1, 0.15) is 171 Å². The van der Waals surface area contributed by atoms with Crippen LogP contribution in [0.15, 0.2) is 31.3 Å². The summed E-state index contributed by atoms with van der Waals surface area (Å²) < 4.78 is 11.5. The third-order valence-electron chi connectivity index (χ3n) is 16.6. The van der Waals surface area contributed by atoms with Crippen LogP contribution in [0, 0.1) is 35.5 Å². The van der Waals surface area contributed by atoms with E-state index in [9.17, 15) is 29.4 Å². The maximum atomic E-state index is 13.6. The molecule has 14 rings (SSSR count). The predicted molar refractivity (Wildman–Crippen MR) is 248 cm³/mol. The Hall–Kier alpha value is -4.56. The number of thiophene rings is 2. The number of fused-ring (bicyclic) bond motifs is 6. The average molecular weight is 933 g/mol. The van der Waals surface area contributed by atoms with Crippen LogP contribution >= 0.6 is 22.7 Å². The Balaban J connectivity index is 0.000000146. The van der Waals surface area contributed by atoms with Crippen LogP contribution in [0.5, 0.6) is 0 Å². The van der Waals surface area contributed by atoms with Crippen molar-refractivity contribution in [3.8, 4) is 22.9 Å². The van der Waals surface area contributed by atoms with Crippen molar-refractivity contribution < 1.29 is 38.4 Å². The van der Waals surface area contributed by atoms with E-state index in [1.165, 1.54) is 20.9 Å². The minimum absolute atomic E-state index is 0.0179. The molecule has 0 spiro atoms. The molecule has 4 fully saturated rings. The predicted octanol–water partition coefficient (Wildman–Crippen LogP) is 11.0. The molecule has 12 nitrogen and oxygen atoms in total. The van der Waals surface area contributed by atoms with Gasteiger partial charge in [0.2, 0.25) is 0 Å². The summed E-state index contributed by atoms with van der Waals surface area (Å²) in [6.07, 6.45) is 20.8. The Labute approximate surface area is 393 Å². The fourth-order valence-corrected chi connectivity index (χ4v) is 15.5. The second-order valence-electron chi connectivity index (χ2n) is 20.7. The summed E-state index contributed by atoms with van der Waals surface area (Å²) in [5.74, 6) is 3.23. The van der Waals surface area contributed by atoms with Gasteiger partial charge in [0.25, 0.3) is 11.8 Å². The van der Waals surface area contributed by atoms with Gasteiger partial charge in [-0.25, -0.2) is 9.59 Å². The summed E-state index contributed by atoms with van der Waals surface area (Å²) in [4.78, 5) is 65.5. The zero-order valence-electron chi connectivity index (χ0n) is 38.1. The summed E-state index contributed by atoms with van der Waals surface area (Å²) in [7, 11) is 0. The van der Waals surface area contributed by atoms with E-state index in [1.54, 1.807) is 22.7 Å². The van der Waals surface area contributed by atoms with E-state index >= 15 is 0 Å². The standard InChI is InChI=1S/2C26H30N2O4S/c2*1-2-13-3-10-17-19(11-13)33-20(23(17)25-27-24(28-32-25)16-8-9-16)12-18(29)21-14-4-6-15(7-5-14)22(21)26(30)31/h2*13-16H,2-12H2,1H3,(H,30,31)/t2*13-,14?,15?/m10/s1. The molecule has 10 aliphatic carbocycles. The van der Waals surface area contributed by atoms with Crippen LogP contribution in [-0.4, -0.2) is 54.0 Å². The van der Waals surface area contributed by atoms with Gasteiger partial charge in [-0.1, -0.05) is 37.0 Å². The first-order valence-electron chi connectivity index (χ1n) is 25.0. The lowest BCUT2D eigenvalue weighted by Crippen LogP contribution is -2.34. The Bertz CT molecular complexity index is 2470. The molecular formula is C52H60N4O8S2. The fraction of sp³-hybridized carbons (Fsp3) is 0.615. The molecule has 0 amide bonds. The highest BCUT2D eigenvalue weighted by atomic mass is 32.1. The van der Waals surface area contributed by atoms with Gasteiger partial charge in [-0.2, -0.15) is 9.97 Å². The van der Waals surface area contributed by atoms with E-state index < -0.39 is 11.9 Å². The zero-order valence-corrected chi connectivity index (χ0v) is 39.8. The molecule has 348 valence electrons. The molecule has 0 radical (unpaired) electrons. The quantitative estimate of drug-likeness (QED) is 0.122. The van der Waals surface area contributed by atoms with Crippen molar-refractivity contribution in [2.24, 2.45) is 35.5 Å². The van der Waals surface area contributed by atoms with Gasteiger partial charge in [-0.05, 0) is 162 Å². The summed E-state index contributed by atoms with van der Waals surface area (Å²) in [5, 5.41) is 28.2. The van der Waals surface area contributed by atoms with E-state index in [4.69, 9.17) is 19.0 Å². The highest BCUT2D eigenvalue weighted by Crippen LogP contribution is 2.50. The van der Waals surface area contributed by atoms with Gasteiger partial charge in [-0.15, -0.1) is 22.7 Å². The van der Waals surface area contributed by atoms with E-state index in [0.29, 0.717) is 57.7 Å². The lowest BCUT2D eigenvalue weighted by Gasteiger charge is -2.38. The summed E-state index contributed by atoms with van der Waals surface area (Å²) in [6, 6.07) is 0. The summed E-state index contributed by atoms with van der Waals surface area (Å²) in [5.41, 5.74) is 6.46. The molecule has 10 aliphatic rings. The second kappa shape index (κ2) is 17.8. The Morgan fingerprint density at radius 1 is 0.515 bits per heavy atom. The van der Waals surface area contributed by atoms with Crippen molar-refractivity contribution in [2.45, 2.75) is 167 Å². The third kappa shape index (κ3) is 8.19. The smallest absolute Gasteiger partial charge is 0.332 e. The van der Waals surface area contributed by atoms with Crippen LogP contribution < -0.4 is 0 Å². The van der Waals surface area contributed by atoms with Crippen molar-refractivity contribution in [3.05, 3.63) is 64.6 Å². The molecule has 4 heterocycles. The molecule has 66 heavy (non-hydrogen) atoms. The molecule has 4 aromatic heterocycles. The lowest BCUT2D eigenvalue weighted by atomic mass is 9.65. The number of ketones is 2. The van der Waals surface area contributed by atoms with Crippen LogP contribution in [0.3, 0.4) is 0 Å². The lowest BCUT2D eigenvalue weighted by molar-refractivity contribution is -0.135. The van der Waals surface area contributed by atoms with Crippen molar-refractivity contribution in [3.63, 3.8) is 0 Å². The second-order valence-corrected chi connectivity index (χ2v) is 23.0. The van der Waals surface area contributed by atoms with Gasteiger partial charge >= 0.3 is 11.9 Å². The molecular weight excluding hydrogens is 873 g/mol. The van der Waals surface area contributed by atoms with Crippen molar-refractivity contribution in [2.75, 3.05) is 0 Å². The number of nitrogens with zero attached hydrogens (tertiary/aromatic N) is 4. The molecule has 0 aromatic carbocycles. The summed E-state index contributed by atoms with van der Waals surface area (Å²) >= 11 is 3.43. The Kier molecular flexibility index (Phi) is 11.9. The Morgan fingerprint density at radius 2 is 0.864 bits per heavy atom. The number of allylic oxidation sites excluding steroid dienone is 2. The van der Waals surface area contributed by atoms with Gasteiger partial charge in [0.15, 0.2) is 23.2 Å². The molecule has 0 saturated heterocycles. The maximum Gasteiger partial charge on any atom is 0.332 e. The third-order valence-corrected chi connectivity index (χ3v) is 19.1. The van der Waals surface area contributed by atoms with Gasteiger partial charge < -0.3 is 19.3 Å². The minimum Gasteiger partial charge on any atom is -0.478 e. The Morgan fingerprint density at radius 3 is 1.20 bits per heavy atom. The van der Waals surface area contributed by atoms with Crippen molar-refractivity contribution in [1.29, 1.82) is 0 Å². The van der Waals surface area contributed by atoms with E-state index in [-0.39, 0.29) is 48.1 Å². The van der Waals surface area contributed by atoms with Crippen LogP contribution in [0.25, 0.3) is 22.9 Å². The first-order valence-corrected chi connectivity index (χ1v) is 26.7. The van der Waals surface area contributed by atoms with E-state index in [2.05, 4.69) is 24.2 Å². The normalized spacial score (nSPS) is 26.5. The number of carboxylic acids is 2. The number of hydrogen-bond donors (Lipinski definition) is 2. The topological polar surface area (TPSA) is 187 Å². The van der Waals surface area contributed by atoms with Crippen LogP contribution in [0.2, 0.25) is 0 Å². The monoisotopic (exact) mass is 932 g/mol. The maximum absolute atomic E-state index is 13.6. The number of aromatic nitrogens is 4. The van der Waals surface area contributed by atoms with Gasteiger partial charge in [0.1, 0.15) is 0 Å². The molecule has 4 saturated carbocycles. The van der Waals surface area contributed by atoms with Crippen LogP contribution in [-0.2, 0) is 57.7 Å². The largest absolute Gasteiger partial charge is 0.478 e.